The first-order valence-electron chi connectivity index (χ1n) is 13.3. The Labute approximate surface area is 231 Å². The van der Waals surface area contributed by atoms with Crippen LogP contribution in [0.4, 0.5) is 21.7 Å². The van der Waals surface area contributed by atoms with Gasteiger partial charge in [-0.3, -0.25) is 14.4 Å². The number of alkyl halides is 1. The minimum absolute atomic E-state index is 0.0522. The van der Waals surface area contributed by atoms with Gasteiger partial charge in [0.2, 0.25) is 11.9 Å². The summed E-state index contributed by atoms with van der Waals surface area (Å²) in [6.45, 7) is 4.91. The van der Waals surface area contributed by atoms with Crippen molar-refractivity contribution in [2.24, 2.45) is 7.05 Å². The fourth-order valence-electron chi connectivity index (χ4n) is 5.76. The number of fused-ring (bicyclic) bond motifs is 1. The number of hydrogen-bond acceptors (Lipinski definition) is 8. The fourth-order valence-corrected chi connectivity index (χ4v) is 5.76. The standard InChI is InChI=1S/C28H33FN8O3/c1-16-11-31-27(33-21-13-36(3)35-26(21)39-4)34-23(16)19-12-30-24-18(19)6-5-7-20(24)32-25(38)22-10-28(2,29)15-37(22)17-8-9-40-14-17/h5-7,11-13,17,22,30H,8-10,14-15H2,1-4H3,(H,32,38)(H,31,33,34)/t17?,22-,28?/m1/s1. The molecule has 1 amide bonds. The first-order valence-corrected chi connectivity index (χ1v) is 13.3. The average Bonchev–Trinajstić information content (AvgIpc) is 3.71. The molecule has 2 aliphatic heterocycles. The van der Waals surface area contributed by atoms with E-state index in [-0.39, 0.29) is 24.9 Å². The quantitative estimate of drug-likeness (QED) is 0.317. The smallest absolute Gasteiger partial charge is 0.256 e. The predicted octanol–water partition coefficient (Wildman–Crippen LogP) is 3.95. The molecule has 210 valence electrons. The van der Waals surface area contributed by atoms with Gasteiger partial charge in [-0.2, -0.15) is 0 Å². The molecule has 5 heterocycles. The van der Waals surface area contributed by atoms with Crippen LogP contribution in [0.3, 0.4) is 0 Å². The number of anilines is 3. The van der Waals surface area contributed by atoms with E-state index in [0.29, 0.717) is 36.4 Å². The Kier molecular flexibility index (Phi) is 6.67. The molecule has 2 saturated heterocycles. The number of carbonyl (C=O) groups excluding carboxylic acids is 1. The van der Waals surface area contributed by atoms with Crippen molar-refractivity contribution in [3.63, 3.8) is 0 Å². The van der Waals surface area contributed by atoms with E-state index in [1.54, 1.807) is 38.2 Å². The lowest BCUT2D eigenvalue weighted by Gasteiger charge is -2.28. The number of benzene rings is 1. The molecule has 0 bridgehead atoms. The van der Waals surface area contributed by atoms with Crippen molar-refractivity contribution in [3.05, 3.63) is 42.4 Å². The van der Waals surface area contributed by atoms with E-state index in [1.165, 1.54) is 0 Å². The monoisotopic (exact) mass is 548 g/mol. The number of carbonyl (C=O) groups is 1. The molecule has 2 aliphatic rings. The number of aryl methyl sites for hydroxylation is 2. The van der Waals surface area contributed by atoms with Crippen molar-refractivity contribution in [1.82, 2.24) is 29.6 Å². The van der Waals surface area contributed by atoms with Crippen LogP contribution < -0.4 is 15.4 Å². The molecule has 0 saturated carbocycles. The highest BCUT2D eigenvalue weighted by molar-refractivity contribution is 6.07. The van der Waals surface area contributed by atoms with Crippen molar-refractivity contribution in [2.45, 2.75) is 44.4 Å². The number of rotatable bonds is 7. The molecule has 2 unspecified atom stereocenters. The number of H-pyrrole nitrogens is 1. The molecular formula is C28H33FN8O3. The summed E-state index contributed by atoms with van der Waals surface area (Å²) in [5.74, 6) is 0.624. The number of halogens is 1. The van der Waals surface area contributed by atoms with E-state index in [2.05, 4.69) is 25.7 Å². The topological polar surface area (TPSA) is 122 Å². The first kappa shape index (κ1) is 26.2. The fraction of sp³-hybridized carbons (Fsp3) is 0.429. The van der Waals surface area contributed by atoms with Gasteiger partial charge in [0.05, 0.1) is 42.9 Å². The number of aromatic nitrogens is 5. The van der Waals surface area contributed by atoms with E-state index in [4.69, 9.17) is 14.5 Å². The second-order valence-corrected chi connectivity index (χ2v) is 10.8. The van der Waals surface area contributed by atoms with Crippen molar-refractivity contribution >= 4 is 34.1 Å². The molecule has 4 aromatic rings. The molecule has 3 N–H and O–H groups in total. The van der Waals surface area contributed by atoms with Gasteiger partial charge >= 0.3 is 0 Å². The molecular weight excluding hydrogens is 515 g/mol. The van der Waals surface area contributed by atoms with Gasteiger partial charge in [0, 0.05) is 56.0 Å². The maximum Gasteiger partial charge on any atom is 0.256 e. The van der Waals surface area contributed by atoms with E-state index in [0.717, 1.165) is 34.1 Å². The van der Waals surface area contributed by atoms with Crippen LogP contribution in [0.2, 0.25) is 0 Å². The maximum absolute atomic E-state index is 15.1. The number of ether oxygens (including phenoxy) is 2. The highest BCUT2D eigenvalue weighted by atomic mass is 19.1. The third-order valence-corrected chi connectivity index (χ3v) is 7.64. The lowest BCUT2D eigenvalue weighted by molar-refractivity contribution is -0.121. The number of nitrogens with one attached hydrogen (secondary N) is 3. The predicted molar refractivity (Wildman–Crippen MR) is 150 cm³/mol. The van der Waals surface area contributed by atoms with Crippen molar-refractivity contribution in [1.29, 1.82) is 0 Å². The van der Waals surface area contributed by atoms with Crippen LogP contribution >= 0.6 is 0 Å². The summed E-state index contributed by atoms with van der Waals surface area (Å²) in [7, 11) is 3.36. The van der Waals surface area contributed by atoms with Gasteiger partial charge in [0.1, 0.15) is 11.4 Å². The van der Waals surface area contributed by atoms with Gasteiger partial charge in [0.15, 0.2) is 0 Å². The highest BCUT2D eigenvalue weighted by Crippen LogP contribution is 2.37. The Morgan fingerprint density at radius 1 is 1.32 bits per heavy atom. The number of nitrogens with zero attached hydrogens (tertiary/aromatic N) is 5. The summed E-state index contributed by atoms with van der Waals surface area (Å²) in [6, 6.07) is 5.21. The average molecular weight is 549 g/mol. The normalized spacial score (nSPS) is 23.1. The largest absolute Gasteiger partial charge is 0.478 e. The molecule has 11 nitrogen and oxygen atoms in total. The van der Waals surface area contributed by atoms with E-state index >= 15 is 4.39 Å². The molecule has 12 heteroatoms. The summed E-state index contributed by atoms with van der Waals surface area (Å²) >= 11 is 0. The lowest BCUT2D eigenvalue weighted by atomic mass is 10.0. The van der Waals surface area contributed by atoms with Crippen LogP contribution in [0, 0.1) is 6.92 Å². The number of methoxy groups -OCH3 is 1. The zero-order valence-corrected chi connectivity index (χ0v) is 23.0. The molecule has 6 rings (SSSR count). The zero-order valence-electron chi connectivity index (χ0n) is 23.0. The van der Waals surface area contributed by atoms with Gasteiger partial charge < -0.3 is 25.1 Å². The number of likely N-dealkylation sites (tertiary alicyclic amines) is 1. The lowest BCUT2D eigenvalue weighted by Crippen LogP contribution is -2.46. The molecule has 0 aliphatic carbocycles. The summed E-state index contributed by atoms with van der Waals surface area (Å²) < 4.78 is 27.6. The Morgan fingerprint density at radius 2 is 2.17 bits per heavy atom. The SMILES string of the molecule is COc1nn(C)cc1Nc1ncc(C)c(-c2c[nH]c3c(NC(=O)[C@H]4CC(C)(F)CN4C4CCOC4)cccc23)n1. The van der Waals surface area contributed by atoms with Gasteiger partial charge in [-0.1, -0.05) is 12.1 Å². The molecule has 0 spiro atoms. The van der Waals surface area contributed by atoms with Crippen LogP contribution in [0.25, 0.3) is 22.2 Å². The van der Waals surface area contributed by atoms with Crippen LogP contribution in [-0.2, 0) is 16.6 Å². The molecule has 3 aromatic heterocycles. The van der Waals surface area contributed by atoms with Crippen LogP contribution in [0.5, 0.6) is 5.88 Å². The number of para-hydroxylation sites is 1. The van der Waals surface area contributed by atoms with Crippen LogP contribution in [-0.4, -0.2) is 80.2 Å². The van der Waals surface area contributed by atoms with Crippen LogP contribution in [0.1, 0.15) is 25.3 Å². The van der Waals surface area contributed by atoms with E-state index in [9.17, 15) is 4.79 Å². The number of aromatic amines is 1. The minimum atomic E-state index is -1.42. The Bertz CT molecular complexity index is 1560. The van der Waals surface area contributed by atoms with E-state index < -0.39 is 11.7 Å². The first-order chi connectivity index (χ1) is 19.2. The number of amides is 1. The summed E-state index contributed by atoms with van der Waals surface area (Å²) in [5, 5.41) is 11.4. The summed E-state index contributed by atoms with van der Waals surface area (Å²) in [4.78, 5) is 28.0. The van der Waals surface area contributed by atoms with Gasteiger partial charge in [-0.15, -0.1) is 5.10 Å². The Balaban J connectivity index is 1.28. The minimum Gasteiger partial charge on any atom is -0.478 e. The summed E-state index contributed by atoms with van der Waals surface area (Å²) in [5.41, 5.74) is 3.13. The third kappa shape index (κ3) is 4.88. The molecule has 0 radical (unpaired) electrons. The second-order valence-electron chi connectivity index (χ2n) is 10.8. The second kappa shape index (κ2) is 10.2. The van der Waals surface area contributed by atoms with Crippen molar-refractivity contribution in [3.8, 4) is 17.1 Å². The van der Waals surface area contributed by atoms with Gasteiger partial charge in [0.25, 0.3) is 5.88 Å². The highest BCUT2D eigenvalue weighted by Gasteiger charge is 2.47. The Morgan fingerprint density at radius 3 is 2.95 bits per heavy atom. The van der Waals surface area contributed by atoms with Crippen LogP contribution in [0.15, 0.2) is 36.8 Å². The molecule has 40 heavy (non-hydrogen) atoms. The summed E-state index contributed by atoms with van der Waals surface area (Å²) in [6.07, 6.45) is 6.38. The van der Waals surface area contributed by atoms with E-state index in [1.807, 2.05) is 36.2 Å². The van der Waals surface area contributed by atoms with Crippen molar-refractivity contribution < 1.29 is 18.7 Å². The zero-order chi connectivity index (χ0) is 28.0. The number of hydrogen-bond donors (Lipinski definition) is 3. The molecule has 3 atom stereocenters. The maximum atomic E-state index is 15.1. The van der Waals surface area contributed by atoms with Gasteiger partial charge in [-0.25, -0.2) is 14.4 Å². The van der Waals surface area contributed by atoms with Crippen molar-refractivity contribution in [2.75, 3.05) is 37.5 Å². The Hall–Kier alpha value is -4.03. The molecule has 2 fully saturated rings. The molecule has 1 aromatic carbocycles. The van der Waals surface area contributed by atoms with Gasteiger partial charge in [-0.05, 0) is 31.9 Å². The third-order valence-electron chi connectivity index (χ3n) is 7.64.